The molecule has 1 atom stereocenters. The third-order valence-electron chi connectivity index (χ3n) is 2.25. The number of aromatic nitrogens is 1. The van der Waals surface area contributed by atoms with Gasteiger partial charge in [-0.1, -0.05) is 11.3 Å². The topological polar surface area (TPSA) is 71.5 Å². The van der Waals surface area contributed by atoms with Crippen LogP contribution >= 0.6 is 11.3 Å². The molecule has 1 aromatic heterocycles. The molecule has 2 N–H and O–H groups in total. The van der Waals surface area contributed by atoms with E-state index in [1.807, 2.05) is 0 Å². The number of nitrogens with one attached hydrogen (secondary N) is 1. The summed E-state index contributed by atoms with van der Waals surface area (Å²) < 4.78 is 5.21. The SMILES string of the molecule is Cc1nc(NC2CCOC2)sc1C(=O)O. The molecule has 2 rings (SSSR count). The fraction of sp³-hybridized carbons (Fsp3) is 0.556. The number of nitrogens with zero attached hydrogens (tertiary/aromatic N) is 1. The van der Waals surface area contributed by atoms with Crippen LogP contribution in [0.1, 0.15) is 21.8 Å². The average molecular weight is 228 g/mol. The standard InChI is InChI=1S/C9H12N2O3S/c1-5-7(8(12)13)15-9(10-5)11-6-2-3-14-4-6/h6H,2-4H2,1H3,(H,10,11)(H,12,13). The zero-order valence-electron chi connectivity index (χ0n) is 8.32. The highest BCUT2D eigenvalue weighted by Crippen LogP contribution is 2.24. The number of rotatable bonds is 3. The zero-order valence-corrected chi connectivity index (χ0v) is 9.13. The molecule has 1 aliphatic rings. The van der Waals surface area contributed by atoms with Crippen LogP contribution in [0, 0.1) is 6.92 Å². The number of aromatic carboxylic acids is 1. The monoisotopic (exact) mass is 228 g/mol. The highest BCUT2D eigenvalue weighted by molar-refractivity contribution is 7.17. The van der Waals surface area contributed by atoms with Crippen LogP contribution < -0.4 is 5.32 Å². The largest absolute Gasteiger partial charge is 0.477 e. The molecular weight excluding hydrogens is 216 g/mol. The molecule has 0 bridgehead atoms. The van der Waals surface area contributed by atoms with Crippen molar-refractivity contribution in [3.63, 3.8) is 0 Å². The highest BCUT2D eigenvalue weighted by atomic mass is 32.1. The number of hydrogen-bond acceptors (Lipinski definition) is 5. The third-order valence-corrected chi connectivity index (χ3v) is 3.32. The lowest BCUT2D eigenvalue weighted by atomic mass is 10.3. The highest BCUT2D eigenvalue weighted by Gasteiger charge is 2.19. The lowest BCUT2D eigenvalue weighted by molar-refractivity contribution is 0.0701. The predicted molar refractivity (Wildman–Crippen MR) is 56.7 cm³/mol. The van der Waals surface area contributed by atoms with Crippen molar-refractivity contribution in [3.8, 4) is 0 Å². The Labute approximate surface area is 91.1 Å². The molecule has 0 amide bonds. The van der Waals surface area contributed by atoms with Gasteiger partial charge in [0.25, 0.3) is 0 Å². The normalized spacial score (nSPS) is 20.5. The van der Waals surface area contributed by atoms with E-state index < -0.39 is 5.97 Å². The van der Waals surface area contributed by atoms with Gasteiger partial charge in [0.15, 0.2) is 5.13 Å². The number of anilines is 1. The summed E-state index contributed by atoms with van der Waals surface area (Å²) in [6.45, 7) is 3.13. The van der Waals surface area contributed by atoms with E-state index in [4.69, 9.17) is 9.84 Å². The molecule has 1 unspecified atom stereocenters. The van der Waals surface area contributed by atoms with Gasteiger partial charge < -0.3 is 15.2 Å². The summed E-state index contributed by atoms with van der Waals surface area (Å²) in [5, 5.41) is 12.7. The molecule has 1 aliphatic heterocycles. The molecular formula is C9H12N2O3S. The molecule has 1 aromatic rings. The van der Waals surface area contributed by atoms with Crippen LogP contribution in [0.5, 0.6) is 0 Å². The number of ether oxygens (including phenoxy) is 1. The van der Waals surface area contributed by atoms with E-state index in [9.17, 15) is 4.79 Å². The summed E-state index contributed by atoms with van der Waals surface area (Å²) in [4.78, 5) is 15.3. The quantitative estimate of drug-likeness (QED) is 0.817. The fourth-order valence-electron chi connectivity index (χ4n) is 1.48. The summed E-state index contributed by atoms with van der Waals surface area (Å²) in [6, 6.07) is 0.261. The summed E-state index contributed by atoms with van der Waals surface area (Å²) in [7, 11) is 0. The lowest BCUT2D eigenvalue weighted by Crippen LogP contribution is -2.18. The van der Waals surface area contributed by atoms with Crippen molar-refractivity contribution >= 4 is 22.4 Å². The van der Waals surface area contributed by atoms with Gasteiger partial charge in [-0.05, 0) is 13.3 Å². The first-order valence-corrected chi connectivity index (χ1v) is 5.53. The van der Waals surface area contributed by atoms with Crippen molar-refractivity contribution in [3.05, 3.63) is 10.6 Å². The summed E-state index contributed by atoms with van der Waals surface area (Å²) in [5.41, 5.74) is 0.564. The van der Waals surface area contributed by atoms with E-state index in [0.29, 0.717) is 22.3 Å². The van der Waals surface area contributed by atoms with Gasteiger partial charge in [-0.25, -0.2) is 9.78 Å². The predicted octanol–water partition coefficient (Wildman–Crippen LogP) is 1.35. The van der Waals surface area contributed by atoms with Gasteiger partial charge in [-0.15, -0.1) is 0 Å². The van der Waals surface area contributed by atoms with Gasteiger partial charge in [0.2, 0.25) is 0 Å². The van der Waals surface area contributed by atoms with Crippen LogP contribution in [0.25, 0.3) is 0 Å². The first kappa shape index (κ1) is 10.4. The lowest BCUT2D eigenvalue weighted by Gasteiger charge is -2.07. The molecule has 0 radical (unpaired) electrons. The number of carboxylic acids is 1. The Balaban J connectivity index is 2.08. The number of carboxylic acid groups (broad SMARTS) is 1. The molecule has 1 fully saturated rings. The van der Waals surface area contributed by atoms with Crippen molar-refractivity contribution in [1.82, 2.24) is 4.98 Å². The first-order chi connectivity index (χ1) is 7.16. The molecule has 15 heavy (non-hydrogen) atoms. The van der Waals surface area contributed by atoms with Gasteiger partial charge in [0, 0.05) is 6.61 Å². The molecule has 2 heterocycles. The van der Waals surface area contributed by atoms with Crippen LogP contribution in [-0.4, -0.2) is 35.3 Å². The minimum atomic E-state index is -0.916. The van der Waals surface area contributed by atoms with Crippen LogP contribution in [-0.2, 0) is 4.74 Å². The van der Waals surface area contributed by atoms with Crippen LogP contribution in [0.3, 0.4) is 0 Å². The first-order valence-electron chi connectivity index (χ1n) is 4.72. The Hall–Kier alpha value is -1.14. The zero-order chi connectivity index (χ0) is 10.8. The van der Waals surface area contributed by atoms with Gasteiger partial charge in [-0.3, -0.25) is 0 Å². The maximum Gasteiger partial charge on any atom is 0.347 e. The maximum absolute atomic E-state index is 10.8. The fourth-order valence-corrected chi connectivity index (χ4v) is 2.36. The summed E-state index contributed by atoms with van der Waals surface area (Å²) in [6.07, 6.45) is 0.945. The minimum absolute atomic E-state index is 0.261. The van der Waals surface area contributed by atoms with E-state index in [0.717, 1.165) is 13.0 Å². The van der Waals surface area contributed by atoms with Crippen molar-refractivity contribution in [2.45, 2.75) is 19.4 Å². The van der Waals surface area contributed by atoms with Crippen LogP contribution in [0.2, 0.25) is 0 Å². The number of carbonyl (C=O) groups is 1. The molecule has 6 heteroatoms. The second-order valence-electron chi connectivity index (χ2n) is 3.44. The number of thiazole rings is 1. The van der Waals surface area contributed by atoms with E-state index in [-0.39, 0.29) is 6.04 Å². The Morgan fingerprint density at radius 2 is 2.53 bits per heavy atom. The molecule has 0 aromatic carbocycles. The van der Waals surface area contributed by atoms with Gasteiger partial charge in [0.05, 0.1) is 18.3 Å². The third kappa shape index (κ3) is 2.27. The van der Waals surface area contributed by atoms with E-state index >= 15 is 0 Å². The van der Waals surface area contributed by atoms with E-state index in [1.54, 1.807) is 6.92 Å². The van der Waals surface area contributed by atoms with Crippen LogP contribution in [0.4, 0.5) is 5.13 Å². The number of aryl methyl sites for hydroxylation is 1. The van der Waals surface area contributed by atoms with Gasteiger partial charge in [0.1, 0.15) is 4.88 Å². The van der Waals surface area contributed by atoms with Crippen molar-refractivity contribution in [2.24, 2.45) is 0 Å². The van der Waals surface area contributed by atoms with Crippen LogP contribution in [0.15, 0.2) is 0 Å². The second-order valence-corrected chi connectivity index (χ2v) is 4.44. The molecule has 0 spiro atoms. The van der Waals surface area contributed by atoms with E-state index in [2.05, 4.69) is 10.3 Å². The Morgan fingerprint density at radius 3 is 3.07 bits per heavy atom. The Kier molecular flexibility index (Phi) is 2.88. The van der Waals surface area contributed by atoms with Gasteiger partial charge in [-0.2, -0.15) is 0 Å². The van der Waals surface area contributed by atoms with Gasteiger partial charge >= 0.3 is 5.97 Å². The molecule has 0 saturated carbocycles. The average Bonchev–Trinajstić information content (AvgIpc) is 2.75. The molecule has 0 aliphatic carbocycles. The maximum atomic E-state index is 10.8. The Morgan fingerprint density at radius 1 is 1.73 bits per heavy atom. The summed E-state index contributed by atoms with van der Waals surface area (Å²) >= 11 is 1.18. The Bertz CT molecular complexity index is 371. The second kappa shape index (κ2) is 4.16. The molecule has 1 saturated heterocycles. The van der Waals surface area contributed by atoms with Crippen molar-refractivity contribution < 1.29 is 14.6 Å². The summed E-state index contributed by atoms with van der Waals surface area (Å²) in [5.74, 6) is -0.916. The number of hydrogen-bond donors (Lipinski definition) is 2. The smallest absolute Gasteiger partial charge is 0.347 e. The van der Waals surface area contributed by atoms with E-state index in [1.165, 1.54) is 11.3 Å². The molecule has 5 nitrogen and oxygen atoms in total. The molecule has 82 valence electrons. The van der Waals surface area contributed by atoms with Crippen molar-refractivity contribution in [2.75, 3.05) is 18.5 Å². The van der Waals surface area contributed by atoms with Crippen molar-refractivity contribution in [1.29, 1.82) is 0 Å². The minimum Gasteiger partial charge on any atom is -0.477 e.